The molecule has 1 heteroatoms. The molecular weight excluding hydrogens is 218 g/mol. The largest absolute Gasteiger partial charge is 0.257 e. The van der Waals surface area contributed by atoms with Gasteiger partial charge in [-0.05, 0) is 66.5 Å². The molecule has 1 heterocycles. The zero-order valence-electron chi connectivity index (χ0n) is 12.3. The zero-order valence-corrected chi connectivity index (χ0v) is 12.3. The molecule has 0 spiro atoms. The number of nitrogens with zero attached hydrogens (tertiary/aromatic N) is 1. The van der Waals surface area contributed by atoms with E-state index in [1.165, 1.54) is 43.5 Å². The van der Waals surface area contributed by atoms with Crippen LogP contribution >= 0.6 is 0 Å². The van der Waals surface area contributed by atoms with Crippen LogP contribution in [0.5, 0.6) is 0 Å². The van der Waals surface area contributed by atoms with Crippen LogP contribution in [0.4, 0.5) is 0 Å². The van der Waals surface area contributed by atoms with E-state index >= 15 is 0 Å². The monoisotopic (exact) mass is 243 g/mol. The Balaban J connectivity index is 2.27. The number of pyridine rings is 1. The fourth-order valence-electron chi connectivity index (χ4n) is 3.59. The predicted molar refractivity (Wildman–Crippen MR) is 76.3 cm³/mol. The van der Waals surface area contributed by atoms with Crippen molar-refractivity contribution in [1.82, 2.24) is 4.98 Å². The predicted octanol–water partition coefficient (Wildman–Crippen LogP) is 4.31. The summed E-state index contributed by atoms with van der Waals surface area (Å²) >= 11 is 0. The van der Waals surface area contributed by atoms with Gasteiger partial charge in [-0.25, -0.2) is 0 Å². The fourth-order valence-corrected chi connectivity index (χ4v) is 3.59. The van der Waals surface area contributed by atoms with E-state index in [1.54, 1.807) is 16.7 Å². The first-order chi connectivity index (χ1) is 8.52. The van der Waals surface area contributed by atoms with Crippen molar-refractivity contribution in [3.8, 4) is 0 Å². The van der Waals surface area contributed by atoms with Gasteiger partial charge >= 0.3 is 0 Å². The number of aromatic nitrogens is 1. The Labute approximate surface area is 111 Å². The molecule has 0 saturated heterocycles. The van der Waals surface area contributed by atoms with Gasteiger partial charge in [0.25, 0.3) is 0 Å². The van der Waals surface area contributed by atoms with E-state index in [9.17, 15) is 0 Å². The summed E-state index contributed by atoms with van der Waals surface area (Å²) in [4.78, 5) is 5.01. The Morgan fingerprint density at radius 2 is 1.89 bits per heavy atom. The molecule has 1 saturated carbocycles. The second kappa shape index (κ2) is 4.08. The molecular formula is C17H25N. The lowest BCUT2D eigenvalue weighted by atomic mass is 9.78. The third-order valence-corrected chi connectivity index (χ3v) is 4.41. The van der Waals surface area contributed by atoms with Gasteiger partial charge in [0.15, 0.2) is 0 Å². The number of fused-ring (bicyclic) bond motifs is 1. The summed E-state index contributed by atoms with van der Waals surface area (Å²) in [6.45, 7) is 9.41. The maximum atomic E-state index is 5.01. The van der Waals surface area contributed by atoms with E-state index < -0.39 is 0 Å². The third kappa shape index (κ3) is 1.88. The van der Waals surface area contributed by atoms with Crippen LogP contribution in [0.1, 0.15) is 81.0 Å². The highest BCUT2D eigenvalue weighted by Gasteiger charge is 2.36. The van der Waals surface area contributed by atoms with Crippen molar-refractivity contribution < 1.29 is 0 Å². The van der Waals surface area contributed by atoms with Crippen molar-refractivity contribution in [1.29, 1.82) is 0 Å². The summed E-state index contributed by atoms with van der Waals surface area (Å²) in [5.41, 5.74) is 8.03. The summed E-state index contributed by atoms with van der Waals surface area (Å²) in [5, 5.41) is 0. The smallest absolute Gasteiger partial charge is 0.0442 e. The minimum absolute atomic E-state index is 0.277. The summed E-state index contributed by atoms with van der Waals surface area (Å²) in [7, 11) is 0. The van der Waals surface area contributed by atoms with Crippen LogP contribution in [-0.2, 0) is 24.7 Å². The van der Waals surface area contributed by atoms with E-state index in [-0.39, 0.29) is 5.41 Å². The second-order valence-electron chi connectivity index (χ2n) is 7.00. The van der Waals surface area contributed by atoms with E-state index in [0.29, 0.717) is 0 Å². The average molecular weight is 243 g/mol. The van der Waals surface area contributed by atoms with E-state index in [4.69, 9.17) is 4.98 Å². The Kier molecular flexibility index (Phi) is 2.76. The highest BCUT2D eigenvalue weighted by molar-refractivity contribution is 5.49. The number of hydrogen-bond donors (Lipinski definition) is 0. The van der Waals surface area contributed by atoms with Gasteiger partial charge < -0.3 is 0 Å². The lowest BCUT2D eigenvalue weighted by Gasteiger charge is -2.28. The van der Waals surface area contributed by atoms with Crippen LogP contribution in [0, 0.1) is 0 Å². The van der Waals surface area contributed by atoms with Crippen LogP contribution in [-0.4, -0.2) is 4.98 Å². The van der Waals surface area contributed by atoms with Crippen LogP contribution in [0.2, 0.25) is 0 Å². The normalized spacial score (nSPS) is 19.1. The van der Waals surface area contributed by atoms with E-state index in [1.807, 2.05) is 0 Å². The molecule has 2 aliphatic carbocycles. The van der Waals surface area contributed by atoms with E-state index in [2.05, 4.69) is 27.7 Å². The van der Waals surface area contributed by atoms with Gasteiger partial charge in [-0.2, -0.15) is 0 Å². The Morgan fingerprint density at radius 3 is 2.44 bits per heavy atom. The van der Waals surface area contributed by atoms with Crippen molar-refractivity contribution in [2.24, 2.45) is 0 Å². The van der Waals surface area contributed by atoms with Crippen molar-refractivity contribution in [2.45, 2.75) is 77.6 Å². The van der Waals surface area contributed by atoms with Crippen molar-refractivity contribution >= 4 is 0 Å². The molecule has 1 nitrogen and oxygen atoms in total. The van der Waals surface area contributed by atoms with Gasteiger partial charge in [0.2, 0.25) is 0 Å². The first-order valence-electron chi connectivity index (χ1n) is 7.57. The summed E-state index contributed by atoms with van der Waals surface area (Å²) < 4.78 is 0. The topological polar surface area (TPSA) is 12.9 Å². The Bertz CT molecular complexity index is 475. The highest BCUT2D eigenvalue weighted by atomic mass is 14.7. The molecule has 0 N–H and O–H groups in total. The van der Waals surface area contributed by atoms with Gasteiger partial charge in [0, 0.05) is 11.4 Å². The second-order valence-corrected chi connectivity index (χ2v) is 7.00. The summed E-state index contributed by atoms with van der Waals surface area (Å²) in [6, 6.07) is 0. The first kappa shape index (κ1) is 12.2. The zero-order chi connectivity index (χ0) is 12.9. The van der Waals surface area contributed by atoms with Crippen LogP contribution in [0.3, 0.4) is 0 Å². The molecule has 0 bridgehead atoms. The van der Waals surface area contributed by atoms with Crippen LogP contribution in [0.25, 0.3) is 0 Å². The molecule has 98 valence electrons. The lowest BCUT2D eigenvalue weighted by Crippen LogP contribution is -2.20. The van der Waals surface area contributed by atoms with Crippen molar-refractivity contribution in [2.75, 3.05) is 0 Å². The Morgan fingerprint density at radius 1 is 1.17 bits per heavy atom. The molecule has 2 aliphatic rings. The average Bonchev–Trinajstić information content (AvgIpc) is 3.03. The molecule has 0 atom stereocenters. The molecule has 3 rings (SSSR count). The molecule has 1 fully saturated rings. The van der Waals surface area contributed by atoms with Crippen molar-refractivity contribution in [3.63, 3.8) is 0 Å². The molecule has 0 amide bonds. The molecule has 0 aromatic carbocycles. The van der Waals surface area contributed by atoms with Gasteiger partial charge in [0.05, 0.1) is 0 Å². The van der Waals surface area contributed by atoms with Crippen LogP contribution in [0.15, 0.2) is 0 Å². The molecule has 0 radical (unpaired) electrons. The number of hydrogen-bond acceptors (Lipinski definition) is 1. The minimum Gasteiger partial charge on any atom is -0.257 e. The van der Waals surface area contributed by atoms with Gasteiger partial charge in [-0.1, -0.05) is 27.7 Å². The fraction of sp³-hybridized carbons (Fsp3) is 0.706. The molecule has 1 aromatic heterocycles. The quantitative estimate of drug-likeness (QED) is 0.754. The van der Waals surface area contributed by atoms with Gasteiger partial charge in [0.1, 0.15) is 0 Å². The van der Waals surface area contributed by atoms with Crippen molar-refractivity contribution in [3.05, 3.63) is 28.1 Å². The number of aryl methyl sites for hydroxylation is 2. The standard InChI is InChI=1S/C17H25N/c1-5-13-15(11-9-10-11)16(17(2,3)4)12-7-6-8-14(12)18-13/h11H,5-10H2,1-4H3. The lowest BCUT2D eigenvalue weighted by molar-refractivity contribution is 0.572. The summed E-state index contributed by atoms with van der Waals surface area (Å²) in [5.74, 6) is 0.826. The maximum Gasteiger partial charge on any atom is 0.0442 e. The van der Waals surface area contributed by atoms with Gasteiger partial charge in [-0.15, -0.1) is 0 Å². The number of rotatable bonds is 2. The molecule has 0 aliphatic heterocycles. The van der Waals surface area contributed by atoms with E-state index in [0.717, 1.165) is 12.3 Å². The molecule has 0 unspecified atom stereocenters. The highest BCUT2D eigenvalue weighted by Crippen LogP contribution is 2.48. The van der Waals surface area contributed by atoms with Gasteiger partial charge in [-0.3, -0.25) is 4.98 Å². The maximum absolute atomic E-state index is 5.01. The minimum atomic E-state index is 0.277. The molecule has 18 heavy (non-hydrogen) atoms. The van der Waals surface area contributed by atoms with Crippen LogP contribution < -0.4 is 0 Å². The third-order valence-electron chi connectivity index (χ3n) is 4.41. The molecule has 1 aromatic rings. The SMILES string of the molecule is CCc1nc2c(c(C(C)(C)C)c1C1CC1)CCC2. The first-order valence-corrected chi connectivity index (χ1v) is 7.57. The Hall–Kier alpha value is -0.850. The summed E-state index contributed by atoms with van der Waals surface area (Å²) in [6.07, 6.45) is 7.65.